The van der Waals surface area contributed by atoms with E-state index in [2.05, 4.69) is 39.2 Å². The van der Waals surface area contributed by atoms with Gasteiger partial charge in [-0.05, 0) is 65.0 Å². The van der Waals surface area contributed by atoms with E-state index in [0.717, 1.165) is 10.3 Å². The van der Waals surface area contributed by atoms with Gasteiger partial charge >= 0.3 is 0 Å². The number of thiophene rings is 1. The molecule has 0 saturated heterocycles. The lowest BCUT2D eigenvalue weighted by molar-refractivity contribution is 0.135. The van der Waals surface area contributed by atoms with Gasteiger partial charge in [0.2, 0.25) is 0 Å². The van der Waals surface area contributed by atoms with E-state index < -0.39 is 0 Å². The smallest absolute Gasteiger partial charge is 0.126 e. The van der Waals surface area contributed by atoms with E-state index in [0.29, 0.717) is 18.5 Å². The summed E-state index contributed by atoms with van der Waals surface area (Å²) in [5.74, 6) is -0.163. The van der Waals surface area contributed by atoms with Crippen LogP contribution in [-0.2, 0) is 13.0 Å². The van der Waals surface area contributed by atoms with Gasteiger partial charge in [-0.15, -0.1) is 11.3 Å². The first-order chi connectivity index (χ1) is 9.94. The van der Waals surface area contributed by atoms with Gasteiger partial charge in [-0.25, -0.2) is 4.39 Å². The van der Waals surface area contributed by atoms with E-state index in [1.165, 1.54) is 11.6 Å². The standard InChI is InChI=1S/C16H20BrFN2S/c1-16(11-19,8-13-5-3-4-6-14(13)18)20(2)9-12-7-15(17)21-10-12/h3-7,10H,8-9,11,19H2,1-2H3. The number of likely N-dealkylation sites (N-methyl/N-ethyl adjacent to an activating group) is 1. The summed E-state index contributed by atoms with van der Waals surface area (Å²) in [4.78, 5) is 2.20. The molecule has 1 aromatic carbocycles. The Morgan fingerprint density at radius 1 is 1.38 bits per heavy atom. The minimum Gasteiger partial charge on any atom is -0.329 e. The third-order valence-electron chi connectivity index (χ3n) is 3.93. The highest BCUT2D eigenvalue weighted by Crippen LogP contribution is 2.26. The van der Waals surface area contributed by atoms with Gasteiger partial charge < -0.3 is 5.73 Å². The van der Waals surface area contributed by atoms with Crippen LogP contribution in [0.4, 0.5) is 4.39 Å². The zero-order valence-corrected chi connectivity index (χ0v) is 14.7. The highest BCUT2D eigenvalue weighted by molar-refractivity contribution is 9.11. The number of benzene rings is 1. The number of hydrogen-bond donors (Lipinski definition) is 1. The average Bonchev–Trinajstić information content (AvgIpc) is 2.86. The van der Waals surface area contributed by atoms with E-state index >= 15 is 0 Å². The second kappa shape index (κ2) is 7.01. The Hall–Kier alpha value is -0.750. The zero-order chi connectivity index (χ0) is 15.5. The van der Waals surface area contributed by atoms with Crippen LogP contribution in [0.5, 0.6) is 0 Å². The third kappa shape index (κ3) is 4.13. The molecule has 0 fully saturated rings. The molecule has 0 amide bonds. The van der Waals surface area contributed by atoms with Crippen molar-refractivity contribution in [3.8, 4) is 0 Å². The minimum atomic E-state index is -0.281. The average molecular weight is 371 g/mol. The van der Waals surface area contributed by atoms with Crippen LogP contribution in [0.3, 0.4) is 0 Å². The van der Waals surface area contributed by atoms with Crippen LogP contribution >= 0.6 is 27.3 Å². The van der Waals surface area contributed by atoms with Gasteiger partial charge in [0.15, 0.2) is 0 Å². The van der Waals surface area contributed by atoms with Crippen LogP contribution < -0.4 is 5.73 Å². The molecule has 1 atom stereocenters. The molecule has 2 rings (SSSR count). The van der Waals surface area contributed by atoms with Crippen LogP contribution in [0.25, 0.3) is 0 Å². The van der Waals surface area contributed by atoms with Crippen molar-refractivity contribution >= 4 is 27.3 Å². The molecule has 0 aliphatic rings. The van der Waals surface area contributed by atoms with E-state index in [1.54, 1.807) is 17.4 Å². The van der Waals surface area contributed by atoms with Gasteiger partial charge in [0.1, 0.15) is 5.82 Å². The van der Waals surface area contributed by atoms with Crippen molar-refractivity contribution in [3.05, 3.63) is 56.4 Å². The summed E-state index contributed by atoms with van der Waals surface area (Å²) in [6.45, 7) is 3.36. The van der Waals surface area contributed by atoms with Gasteiger partial charge in [0.25, 0.3) is 0 Å². The highest BCUT2D eigenvalue weighted by atomic mass is 79.9. The summed E-state index contributed by atoms with van der Waals surface area (Å²) in [6.07, 6.45) is 0.595. The molecule has 1 heterocycles. The molecule has 2 N–H and O–H groups in total. The summed E-state index contributed by atoms with van der Waals surface area (Å²) in [5.41, 5.74) is 7.66. The fraction of sp³-hybridized carbons (Fsp3) is 0.375. The molecule has 2 nitrogen and oxygen atoms in total. The molecular weight excluding hydrogens is 351 g/mol. The SMILES string of the molecule is CN(Cc1csc(Br)c1)C(C)(CN)Cc1ccccc1F. The summed E-state index contributed by atoms with van der Waals surface area (Å²) in [6, 6.07) is 9.03. The molecule has 1 aromatic heterocycles. The van der Waals surface area contributed by atoms with Gasteiger partial charge in [-0.2, -0.15) is 0 Å². The minimum absolute atomic E-state index is 0.163. The van der Waals surface area contributed by atoms with Crippen molar-refractivity contribution in [1.82, 2.24) is 4.90 Å². The largest absolute Gasteiger partial charge is 0.329 e. The van der Waals surface area contributed by atoms with Crippen LogP contribution in [0.2, 0.25) is 0 Å². The molecule has 0 spiro atoms. The van der Waals surface area contributed by atoms with E-state index in [9.17, 15) is 4.39 Å². The maximum Gasteiger partial charge on any atom is 0.126 e. The molecule has 2 aromatic rings. The summed E-state index contributed by atoms with van der Waals surface area (Å²) >= 11 is 5.15. The highest BCUT2D eigenvalue weighted by Gasteiger charge is 2.29. The van der Waals surface area contributed by atoms with E-state index in [-0.39, 0.29) is 11.4 Å². The summed E-state index contributed by atoms with van der Waals surface area (Å²) in [5, 5.41) is 2.13. The number of rotatable bonds is 6. The second-order valence-electron chi connectivity index (χ2n) is 5.58. The summed E-state index contributed by atoms with van der Waals surface area (Å²) in [7, 11) is 2.04. The van der Waals surface area contributed by atoms with Gasteiger partial charge in [0, 0.05) is 18.6 Å². The Labute approximate surface area is 137 Å². The van der Waals surface area contributed by atoms with Crippen LogP contribution in [0.15, 0.2) is 39.5 Å². The Morgan fingerprint density at radius 2 is 2.10 bits per heavy atom. The Morgan fingerprint density at radius 3 is 2.67 bits per heavy atom. The number of hydrogen-bond acceptors (Lipinski definition) is 3. The van der Waals surface area contributed by atoms with Crippen molar-refractivity contribution < 1.29 is 4.39 Å². The Kier molecular flexibility index (Phi) is 5.54. The number of halogens is 2. The van der Waals surface area contributed by atoms with Crippen molar-refractivity contribution in [2.75, 3.05) is 13.6 Å². The number of nitrogens with zero attached hydrogens (tertiary/aromatic N) is 1. The molecule has 21 heavy (non-hydrogen) atoms. The molecule has 5 heteroatoms. The lowest BCUT2D eigenvalue weighted by Gasteiger charge is -2.38. The van der Waals surface area contributed by atoms with Gasteiger partial charge in [0.05, 0.1) is 3.79 Å². The third-order valence-corrected chi connectivity index (χ3v) is 5.49. The maximum absolute atomic E-state index is 13.9. The van der Waals surface area contributed by atoms with Gasteiger partial charge in [-0.1, -0.05) is 18.2 Å². The predicted molar refractivity (Wildman–Crippen MR) is 91.0 cm³/mol. The summed E-state index contributed by atoms with van der Waals surface area (Å²) < 4.78 is 15.0. The molecule has 0 aliphatic carbocycles. The first-order valence-electron chi connectivity index (χ1n) is 6.82. The van der Waals surface area contributed by atoms with Gasteiger partial charge in [-0.3, -0.25) is 4.90 Å². The van der Waals surface area contributed by atoms with Crippen LogP contribution in [0.1, 0.15) is 18.1 Å². The van der Waals surface area contributed by atoms with Crippen molar-refractivity contribution in [2.24, 2.45) is 5.73 Å². The van der Waals surface area contributed by atoms with E-state index in [4.69, 9.17) is 5.73 Å². The normalized spacial score (nSPS) is 14.4. The first kappa shape index (κ1) is 16.6. The fourth-order valence-corrected chi connectivity index (χ4v) is 3.51. The molecule has 0 radical (unpaired) electrons. The fourth-order valence-electron chi connectivity index (χ4n) is 2.31. The monoisotopic (exact) mass is 370 g/mol. The lowest BCUT2D eigenvalue weighted by atomic mass is 9.90. The number of nitrogens with two attached hydrogens (primary N) is 1. The van der Waals surface area contributed by atoms with Crippen molar-refractivity contribution in [3.63, 3.8) is 0 Å². The van der Waals surface area contributed by atoms with E-state index in [1.807, 2.05) is 19.2 Å². The predicted octanol–water partition coefficient (Wildman–Crippen LogP) is 4.04. The topological polar surface area (TPSA) is 29.3 Å². The zero-order valence-electron chi connectivity index (χ0n) is 12.3. The van der Waals surface area contributed by atoms with Crippen molar-refractivity contribution in [1.29, 1.82) is 0 Å². The first-order valence-corrected chi connectivity index (χ1v) is 8.49. The molecule has 1 unspecified atom stereocenters. The Bertz CT molecular complexity index is 601. The Balaban J connectivity index is 2.14. The van der Waals surface area contributed by atoms with Crippen LogP contribution in [-0.4, -0.2) is 24.0 Å². The molecule has 0 saturated carbocycles. The maximum atomic E-state index is 13.9. The quantitative estimate of drug-likeness (QED) is 0.831. The van der Waals surface area contributed by atoms with Crippen LogP contribution in [0, 0.1) is 5.82 Å². The molecule has 0 bridgehead atoms. The molecule has 114 valence electrons. The molecular formula is C16H20BrFN2S. The van der Waals surface area contributed by atoms with Crippen molar-refractivity contribution in [2.45, 2.75) is 25.4 Å². The lowest BCUT2D eigenvalue weighted by Crippen LogP contribution is -2.51. The molecule has 0 aliphatic heterocycles. The second-order valence-corrected chi connectivity index (χ2v) is 7.87.